The number of hydrogen-bond donors (Lipinski definition) is 2. The Morgan fingerprint density at radius 2 is 2.25 bits per heavy atom. The summed E-state index contributed by atoms with van der Waals surface area (Å²) in [5, 5.41) is 3.74. The van der Waals surface area contributed by atoms with Crippen molar-refractivity contribution in [1.29, 1.82) is 0 Å². The first-order valence-corrected chi connectivity index (χ1v) is 7.18. The van der Waals surface area contributed by atoms with Gasteiger partial charge in [0.1, 0.15) is 6.33 Å². The number of hydrogen-bond acceptors (Lipinski definition) is 5. The Labute approximate surface area is 122 Å². The summed E-state index contributed by atoms with van der Waals surface area (Å²) >= 11 is 1.53. The molecule has 0 saturated carbocycles. The van der Waals surface area contributed by atoms with Crippen LogP contribution in [0.5, 0.6) is 0 Å². The molecule has 1 heterocycles. The highest BCUT2D eigenvalue weighted by Crippen LogP contribution is 2.19. The summed E-state index contributed by atoms with van der Waals surface area (Å²) in [4.78, 5) is 19.8. The molecule has 0 aliphatic heterocycles. The first-order chi connectivity index (χ1) is 9.65. The molecule has 1 aromatic heterocycles. The maximum atomic E-state index is 11.9. The molecule has 2 rings (SSSR count). The van der Waals surface area contributed by atoms with Gasteiger partial charge in [-0.15, -0.1) is 11.8 Å². The average molecular weight is 288 g/mol. The molecule has 0 aliphatic rings. The number of nitrogen functional groups attached to an aromatic ring is 1. The summed E-state index contributed by atoms with van der Waals surface area (Å²) in [5.74, 6) is 0.643. The van der Waals surface area contributed by atoms with Crippen LogP contribution in [0, 0.1) is 6.92 Å². The van der Waals surface area contributed by atoms with Crippen LogP contribution in [0.15, 0.2) is 41.8 Å². The maximum Gasteiger partial charge on any atom is 0.225 e. The number of nitrogens with two attached hydrogens (primary N) is 1. The van der Waals surface area contributed by atoms with E-state index < -0.39 is 0 Å². The molecule has 0 bridgehead atoms. The fourth-order valence-corrected chi connectivity index (χ4v) is 2.37. The lowest BCUT2D eigenvalue weighted by Gasteiger charge is -2.09. The van der Waals surface area contributed by atoms with E-state index in [1.54, 1.807) is 12.3 Å². The predicted octanol–water partition coefficient (Wildman–Crippen LogP) is 2.49. The average Bonchev–Trinajstić information content (AvgIpc) is 2.44. The van der Waals surface area contributed by atoms with Gasteiger partial charge in [-0.25, -0.2) is 9.97 Å². The molecular formula is C14H16N4OS. The Morgan fingerprint density at radius 3 is 3.00 bits per heavy atom. The third-order valence-electron chi connectivity index (χ3n) is 2.67. The zero-order valence-electron chi connectivity index (χ0n) is 11.2. The molecule has 0 aliphatic carbocycles. The van der Waals surface area contributed by atoms with Crippen LogP contribution in [-0.2, 0) is 4.79 Å². The number of nitrogens with zero attached hydrogens (tertiary/aromatic N) is 2. The standard InChI is InChI=1S/C14H16N4OS/c1-10-2-3-11(15)8-12(10)18-13(19)5-7-20-14-4-6-16-9-17-14/h2-4,6,8-9H,5,7,15H2,1H3,(H,18,19). The minimum absolute atomic E-state index is 0.0275. The largest absolute Gasteiger partial charge is 0.399 e. The number of aryl methyl sites for hydroxylation is 1. The molecule has 5 nitrogen and oxygen atoms in total. The van der Waals surface area contributed by atoms with Crippen LogP contribution in [-0.4, -0.2) is 21.6 Å². The second-order valence-corrected chi connectivity index (χ2v) is 5.38. The highest BCUT2D eigenvalue weighted by molar-refractivity contribution is 7.99. The van der Waals surface area contributed by atoms with Crippen LogP contribution < -0.4 is 11.1 Å². The maximum absolute atomic E-state index is 11.9. The predicted molar refractivity (Wildman–Crippen MR) is 81.6 cm³/mol. The van der Waals surface area contributed by atoms with Crippen molar-refractivity contribution >= 4 is 29.0 Å². The Bertz CT molecular complexity index is 589. The number of amides is 1. The SMILES string of the molecule is Cc1ccc(N)cc1NC(=O)CCSc1ccncn1. The molecule has 3 N–H and O–H groups in total. The Kier molecular flexibility index (Phi) is 4.95. The van der Waals surface area contributed by atoms with Crippen molar-refractivity contribution in [2.75, 3.05) is 16.8 Å². The third kappa shape index (κ3) is 4.24. The van der Waals surface area contributed by atoms with Crippen molar-refractivity contribution in [1.82, 2.24) is 9.97 Å². The number of rotatable bonds is 5. The van der Waals surface area contributed by atoms with Gasteiger partial charge in [0.05, 0.1) is 5.03 Å². The van der Waals surface area contributed by atoms with Gasteiger partial charge in [0.25, 0.3) is 0 Å². The molecule has 20 heavy (non-hydrogen) atoms. The van der Waals surface area contributed by atoms with Crippen LogP contribution in [0.25, 0.3) is 0 Å². The highest BCUT2D eigenvalue weighted by atomic mass is 32.2. The molecule has 1 aromatic carbocycles. The summed E-state index contributed by atoms with van der Waals surface area (Å²) in [6, 6.07) is 7.30. The molecule has 2 aromatic rings. The number of carbonyl (C=O) groups is 1. The van der Waals surface area contributed by atoms with Gasteiger partial charge >= 0.3 is 0 Å². The smallest absolute Gasteiger partial charge is 0.225 e. The third-order valence-corrected chi connectivity index (χ3v) is 3.62. The van der Waals surface area contributed by atoms with E-state index in [1.807, 2.05) is 25.1 Å². The minimum atomic E-state index is -0.0275. The summed E-state index contributed by atoms with van der Waals surface area (Å²) in [6.45, 7) is 1.94. The second-order valence-electron chi connectivity index (χ2n) is 4.27. The molecule has 104 valence electrons. The number of benzene rings is 1. The number of thioether (sulfide) groups is 1. The minimum Gasteiger partial charge on any atom is -0.399 e. The topological polar surface area (TPSA) is 80.9 Å². The first-order valence-electron chi connectivity index (χ1n) is 6.20. The van der Waals surface area contributed by atoms with E-state index in [0.717, 1.165) is 16.3 Å². The summed E-state index contributed by atoms with van der Waals surface area (Å²) in [6.07, 6.45) is 3.60. The van der Waals surface area contributed by atoms with E-state index in [0.29, 0.717) is 17.9 Å². The molecule has 0 fully saturated rings. The van der Waals surface area contributed by atoms with Crippen molar-refractivity contribution in [3.05, 3.63) is 42.4 Å². The normalized spacial score (nSPS) is 10.2. The lowest BCUT2D eigenvalue weighted by atomic mass is 10.2. The van der Waals surface area contributed by atoms with Crippen LogP contribution >= 0.6 is 11.8 Å². The molecule has 6 heteroatoms. The molecule has 0 atom stereocenters. The van der Waals surface area contributed by atoms with Gasteiger partial charge in [-0.05, 0) is 30.7 Å². The summed E-state index contributed by atoms with van der Waals surface area (Å²) in [7, 11) is 0. The molecular weight excluding hydrogens is 272 g/mol. The molecule has 0 radical (unpaired) electrons. The molecule has 1 amide bonds. The Balaban J connectivity index is 1.82. The van der Waals surface area contributed by atoms with Gasteiger partial charge in [-0.2, -0.15) is 0 Å². The van der Waals surface area contributed by atoms with Crippen LogP contribution in [0.3, 0.4) is 0 Å². The van der Waals surface area contributed by atoms with Crippen molar-refractivity contribution < 1.29 is 4.79 Å². The summed E-state index contributed by atoms with van der Waals surface area (Å²) in [5.41, 5.74) is 8.11. The fourth-order valence-electron chi connectivity index (χ4n) is 1.60. The highest BCUT2D eigenvalue weighted by Gasteiger charge is 2.06. The van der Waals surface area contributed by atoms with Crippen molar-refractivity contribution in [2.45, 2.75) is 18.4 Å². The van der Waals surface area contributed by atoms with Gasteiger partial charge in [0.2, 0.25) is 5.91 Å². The van der Waals surface area contributed by atoms with E-state index in [-0.39, 0.29) is 5.91 Å². The quantitative estimate of drug-likeness (QED) is 0.502. The Hall–Kier alpha value is -2.08. The molecule has 0 unspecified atom stereocenters. The van der Waals surface area contributed by atoms with E-state index in [2.05, 4.69) is 15.3 Å². The number of anilines is 2. The zero-order valence-corrected chi connectivity index (χ0v) is 12.0. The van der Waals surface area contributed by atoms with Crippen LogP contribution in [0.2, 0.25) is 0 Å². The molecule has 0 spiro atoms. The van der Waals surface area contributed by atoms with Crippen LogP contribution in [0.4, 0.5) is 11.4 Å². The monoisotopic (exact) mass is 288 g/mol. The van der Waals surface area contributed by atoms with E-state index >= 15 is 0 Å². The lowest BCUT2D eigenvalue weighted by molar-refractivity contribution is -0.115. The number of carbonyl (C=O) groups excluding carboxylic acids is 1. The van der Waals surface area contributed by atoms with Gasteiger partial charge in [0, 0.05) is 29.7 Å². The van der Waals surface area contributed by atoms with Crippen molar-refractivity contribution in [2.24, 2.45) is 0 Å². The molecule has 0 saturated heterocycles. The van der Waals surface area contributed by atoms with E-state index in [9.17, 15) is 4.79 Å². The van der Waals surface area contributed by atoms with Crippen molar-refractivity contribution in [3.63, 3.8) is 0 Å². The van der Waals surface area contributed by atoms with E-state index in [1.165, 1.54) is 18.1 Å². The fraction of sp³-hybridized carbons (Fsp3) is 0.214. The lowest BCUT2D eigenvalue weighted by Crippen LogP contribution is -2.13. The van der Waals surface area contributed by atoms with Gasteiger partial charge in [-0.1, -0.05) is 6.07 Å². The number of nitrogens with one attached hydrogen (secondary N) is 1. The second kappa shape index (κ2) is 6.91. The number of aromatic nitrogens is 2. The zero-order chi connectivity index (χ0) is 14.4. The van der Waals surface area contributed by atoms with Gasteiger partial charge in [0.15, 0.2) is 0 Å². The summed E-state index contributed by atoms with van der Waals surface area (Å²) < 4.78 is 0. The van der Waals surface area contributed by atoms with Gasteiger partial charge < -0.3 is 11.1 Å². The van der Waals surface area contributed by atoms with Gasteiger partial charge in [-0.3, -0.25) is 4.79 Å². The van der Waals surface area contributed by atoms with Crippen molar-refractivity contribution in [3.8, 4) is 0 Å². The van der Waals surface area contributed by atoms with E-state index in [4.69, 9.17) is 5.73 Å². The Morgan fingerprint density at radius 1 is 1.40 bits per heavy atom. The first kappa shape index (κ1) is 14.3. The van der Waals surface area contributed by atoms with Crippen LogP contribution in [0.1, 0.15) is 12.0 Å².